The third kappa shape index (κ3) is 2.75. The lowest BCUT2D eigenvalue weighted by Crippen LogP contribution is -2.46. The van der Waals surface area contributed by atoms with Gasteiger partial charge < -0.3 is 19.6 Å². The monoisotopic (exact) mass is 434 g/mol. The van der Waals surface area contributed by atoms with Crippen molar-refractivity contribution in [2.24, 2.45) is 11.1 Å². The van der Waals surface area contributed by atoms with Crippen molar-refractivity contribution in [3.05, 3.63) is 76.0 Å². The molecule has 5 rings (SSSR count). The molecule has 1 aromatic heterocycles. The average molecular weight is 434 g/mol. The molecule has 0 saturated carbocycles. The van der Waals surface area contributed by atoms with E-state index >= 15 is 0 Å². The summed E-state index contributed by atoms with van der Waals surface area (Å²) in [6.07, 6.45) is 0. The second kappa shape index (κ2) is 7.24. The van der Waals surface area contributed by atoms with Crippen molar-refractivity contribution in [2.75, 3.05) is 19.5 Å². The number of oxime groups is 1. The molecule has 156 valence electrons. The van der Waals surface area contributed by atoms with Crippen LogP contribution in [-0.2, 0) is 15.2 Å². The Hall–Kier alpha value is -3.65. The maximum Gasteiger partial charge on any atom is 0.277 e. The van der Waals surface area contributed by atoms with E-state index in [-0.39, 0.29) is 5.78 Å². The molecule has 0 saturated heterocycles. The predicted octanol–water partition coefficient (Wildman–Crippen LogP) is 3.85. The van der Waals surface area contributed by atoms with Crippen LogP contribution in [0.25, 0.3) is 0 Å². The van der Waals surface area contributed by atoms with Gasteiger partial charge in [-0.1, -0.05) is 29.4 Å². The van der Waals surface area contributed by atoms with Gasteiger partial charge in [-0.15, -0.1) is 11.3 Å². The van der Waals surface area contributed by atoms with Crippen LogP contribution in [0.1, 0.15) is 20.8 Å². The number of rotatable bonds is 5. The van der Waals surface area contributed by atoms with E-state index in [1.54, 1.807) is 55.6 Å². The van der Waals surface area contributed by atoms with Gasteiger partial charge in [0.2, 0.25) is 0 Å². The maximum atomic E-state index is 13.8. The molecule has 2 aliphatic rings. The number of benzene rings is 2. The molecule has 1 spiro atoms. The minimum absolute atomic E-state index is 0.247. The molecule has 2 aromatic carbocycles. The fraction of sp³-hybridized carbons (Fsp3) is 0.174. The molecule has 31 heavy (non-hydrogen) atoms. The normalized spacial score (nSPS) is 21.3. The summed E-state index contributed by atoms with van der Waals surface area (Å²) in [5.41, 5.74) is 0.439. The van der Waals surface area contributed by atoms with Gasteiger partial charge in [0.1, 0.15) is 23.1 Å². The highest BCUT2D eigenvalue weighted by Gasteiger charge is 2.63. The molecule has 0 bridgehead atoms. The summed E-state index contributed by atoms with van der Waals surface area (Å²) in [5.74, 6) is -0.614. The number of hydrogen-bond acceptors (Lipinski definition) is 7. The summed E-state index contributed by atoms with van der Waals surface area (Å²) in [4.78, 5) is 33.4. The van der Waals surface area contributed by atoms with E-state index in [2.05, 4.69) is 10.5 Å². The Morgan fingerprint density at radius 2 is 1.97 bits per heavy atom. The second-order valence-corrected chi connectivity index (χ2v) is 8.09. The van der Waals surface area contributed by atoms with Gasteiger partial charge in [0.25, 0.3) is 11.5 Å². The minimum atomic E-state index is -1.60. The molecule has 7 nitrogen and oxygen atoms in total. The maximum absolute atomic E-state index is 13.8. The molecule has 1 amide bonds. The molecule has 0 unspecified atom stereocenters. The number of anilines is 1. The van der Waals surface area contributed by atoms with Gasteiger partial charge in [0.15, 0.2) is 5.78 Å². The van der Waals surface area contributed by atoms with Gasteiger partial charge in [0.05, 0.1) is 19.1 Å². The van der Waals surface area contributed by atoms with Gasteiger partial charge in [-0.2, -0.15) is 0 Å². The molecule has 0 fully saturated rings. The Bertz CT molecular complexity index is 1220. The first-order valence-electron chi connectivity index (χ1n) is 9.57. The Morgan fingerprint density at radius 3 is 2.71 bits per heavy atom. The molecule has 8 heteroatoms. The first-order chi connectivity index (χ1) is 15.1. The fourth-order valence-electron chi connectivity index (χ4n) is 4.14. The van der Waals surface area contributed by atoms with E-state index in [0.29, 0.717) is 38.9 Å². The van der Waals surface area contributed by atoms with Gasteiger partial charge in [0, 0.05) is 16.8 Å². The molecule has 0 radical (unpaired) electrons. The number of fused-ring (bicyclic) bond motifs is 2. The van der Waals surface area contributed by atoms with Crippen LogP contribution in [0, 0.1) is 5.92 Å². The number of carbonyl (C=O) groups excluding carboxylic acids is 2. The van der Waals surface area contributed by atoms with Crippen molar-refractivity contribution in [1.82, 2.24) is 0 Å². The number of nitrogens with zero attached hydrogens (tertiary/aromatic N) is 1. The van der Waals surface area contributed by atoms with Crippen LogP contribution in [0.15, 0.2) is 65.1 Å². The number of carbonyl (C=O) groups is 2. The first-order valence-corrected chi connectivity index (χ1v) is 10.4. The lowest BCUT2D eigenvalue weighted by Gasteiger charge is -2.26. The first kappa shape index (κ1) is 19.3. The van der Waals surface area contributed by atoms with Crippen molar-refractivity contribution in [3.8, 4) is 11.5 Å². The van der Waals surface area contributed by atoms with Crippen LogP contribution in [0.4, 0.5) is 5.69 Å². The zero-order valence-electron chi connectivity index (χ0n) is 16.7. The summed E-state index contributed by atoms with van der Waals surface area (Å²) < 4.78 is 10.9. The van der Waals surface area contributed by atoms with Crippen molar-refractivity contribution in [1.29, 1.82) is 0 Å². The number of Topliss-reactive ketones (excluding diaryl/α,β-unsaturated/α-hetero) is 1. The summed E-state index contributed by atoms with van der Waals surface area (Å²) in [6, 6.07) is 15.9. The zero-order chi connectivity index (χ0) is 21.6. The van der Waals surface area contributed by atoms with Crippen molar-refractivity contribution >= 4 is 34.4 Å². The molecular formula is C23H18N2O5S. The van der Waals surface area contributed by atoms with Crippen LogP contribution in [0.3, 0.4) is 0 Å². The number of thiophene rings is 1. The Labute approximate surface area is 182 Å². The van der Waals surface area contributed by atoms with Crippen molar-refractivity contribution < 1.29 is 23.9 Å². The van der Waals surface area contributed by atoms with E-state index in [1.165, 1.54) is 18.4 Å². The van der Waals surface area contributed by atoms with E-state index in [9.17, 15) is 9.59 Å². The number of para-hydroxylation sites is 1. The molecule has 3 aromatic rings. The quantitative estimate of drug-likeness (QED) is 0.617. The summed E-state index contributed by atoms with van der Waals surface area (Å²) in [6.45, 7) is 0. The Kier molecular flexibility index (Phi) is 4.51. The SMILES string of the molecule is COc1ccc(OC)c(C2=NO[C@@]3(C(=O)Nc4ccccc43)[C@H]2C(=O)c2cccs2)c1. The third-order valence-electron chi connectivity index (χ3n) is 5.59. The van der Waals surface area contributed by atoms with Gasteiger partial charge in [-0.25, -0.2) is 0 Å². The topological polar surface area (TPSA) is 86.2 Å². The summed E-state index contributed by atoms with van der Waals surface area (Å²) >= 11 is 1.31. The molecule has 1 N–H and O–H groups in total. The number of amides is 1. The smallest absolute Gasteiger partial charge is 0.277 e. The van der Waals surface area contributed by atoms with Crippen LogP contribution in [0.2, 0.25) is 0 Å². The fourth-order valence-corrected chi connectivity index (χ4v) is 4.83. The standard InChI is InChI=1S/C23H18N2O5S/c1-28-13-9-10-17(29-2)14(12-13)20-19(21(26)18-8-5-11-31-18)23(30-25-20)15-6-3-4-7-16(15)24-22(23)27/h3-12,19H,1-2H3,(H,24,27)/t19-,23-/m1/s1. The number of hydrogen-bond donors (Lipinski definition) is 1. The van der Waals surface area contributed by atoms with Gasteiger partial charge in [-0.3, -0.25) is 9.59 Å². The molecule has 0 aliphatic carbocycles. The van der Waals surface area contributed by atoms with Gasteiger partial charge in [-0.05, 0) is 35.7 Å². The lowest BCUT2D eigenvalue weighted by molar-refractivity contribution is -0.140. The van der Waals surface area contributed by atoms with Gasteiger partial charge >= 0.3 is 0 Å². The molecule has 3 heterocycles. The van der Waals surface area contributed by atoms with E-state index in [4.69, 9.17) is 14.3 Å². The van der Waals surface area contributed by atoms with Crippen LogP contribution < -0.4 is 14.8 Å². The third-order valence-corrected chi connectivity index (χ3v) is 6.47. The summed E-state index contributed by atoms with van der Waals surface area (Å²) in [5, 5.41) is 8.95. The minimum Gasteiger partial charge on any atom is -0.497 e. The van der Waals surface area contributed by atoms with Crippen LogP contribution in [0.5, 0.6) is 11.5 Å². The highest BCUT2D eigenvalue weighted by atomic mass is 32.1. The number of ether oxygens (including phenoxy) is 2. The average Bonchev–Trinajstić information content (AvgIpc) is 3.53. The second-order valence-electron chi connectivity index (χ2n) is 7.14. The Balaban J connectivity index is 1.73. The highest BCUT2D eigenvalue weighted by molar-refractivity contribution is 7.12. The number of ketones is 1. The molecular weight excluding hydrogens is 416 g/mol. The van der Waals surface area contributed by atoms with Crippen LogP contribution >= 0.6 is 11.3 Å². The van der Waals surface area contributed by atoms with Crippen LogP contribution in [-0.4, -0.2) is 31.6 Å². The van der Waals surface area contributed by atoms with E-state index in [0.717, 1.165) is 0 Å². The largest absolute Gasteiger partial charge is 0.497 e. The molecule has 2 atom stereocenters. The van der Waals surface area contributed by atoms with E-state index in [1.807, 2.05) is 11.4 Å². The number of nitrogens with one attached hydrogen (secondary N) is 1. The lowest BCUT2D eigenvalue weighted by atomic mass is 9.75. The van der Waals surface area contributed by atoms with Crippen molar-refractivity contribution in [2.45, 2.75) is 5.60 Å². The van der Waals surface area contributed by atoms with E-state index < -0.39 is 17.4 Å². The predicted molar refractivity (Wildman–Crippen MR) is 116 cm³/mol. The molecule has 2 aliphatic heterocycles. The number of methoxy groups -OCH3 is 2. The van der Waals surface area contributed by atoms with Crippen molar-refractivity contribution in [3.63, 3.8) is 0 Å². The zero-order valence-corrected chi connectivity index (χ0v) is 17.6. The Morgan fingerprint density at radius 1 is 1.13 bits per heavy atom. The summed E-state index contributed by atoms with van der Waals surface area (Å²) in [7, 11) is 3.08. The highest BCUT2D eigenvalue weighted by Crippen LogP contribution is 2.50.